The minimum absolute atomic E-state index is 0.170. The number of rotatable bonds is 8. The van der Waals surface area contributed by atoms with Gasteiger partial charge in [-0.2, -0.15) is 0 Å². The largest absolute Gasteiger partial charge is 0.426 e. The van der Waals surface area contributed by atoms with Crippen LogP contribution in [-0.2, 0) is 4.79 Å². The lowest BCUT2D eigenvalue weighted by Gasteiger charge is -2.19. The Morgan fingerprint density at radius 3 is 2.45 bits per heavy atom. The van der Waals surface area contributed by atoms with Crippen molar-refractivity contribution >= 4 is 5.97 Å². The van der Waals surface area contributed by atoms with Gasteiger partial charge in [-0.25, -0.2) is 8.78 Å². The second-order valence-electron chi connectivity index (χ2n) is 5.12. The van der Waals surface area contributed by atoms with Crippen molar-refractivity contribution in [1.82, 2.24) is 0 Å². The Kier molecular flexibility index (Phi) is 7.20. The van der Waals surface area contributed by atoms with Gasteiger partial charge in [-0.15, -0.1) is 0 Å². The van der Waals surface area contributed by atoms with Gasteiger partial charge >= 0.3 is 5.97 Å². The molecular weight excluding hydrogens is 262 g/mol. The van der Waals surface area contributed by atoms with Crippen LogP contribution < -0.4 is 4.74 Å². The van der Waals surface area contributed by atoms with Crippen LogP contribution in [0.15, 0.2) is 30.3 Å². The van der Waals surface area contributed by atoms with E-state index in [0.717, 1.165) is 12.8 Å². The van der Waals surface area contributed by atoms with Gasteiger partial charge in [0.25, 0.3) is 0 Å². The number of benzene rings is 1. The zero-order valence-electron chi connectivity index (χ0n) is 12.0. The molecule has 20 heavy (non-hydrogen) atoms. The molecule has 0 spiro atoms. The average molecular weight is 284 g/mol. The molecule has 2 unspecified atom stereocenters. The molecule has 1 rings (SSSR count). The van der Waals surface area contributed by atoms with Crippen LogP contribution in [0.5, 0.6) is 5.75 Å². The summed E-state index contributed by atoms with van der Waals surface area (Å²) in [5.74, 6) is -1.19. The van der Waals surface area contributed by atoms with E-state index in [1.165, 1.54) is 6.92 Å². The molecule has 1 aromatic rings. The van der Waals surface area contributed by atoms with E-state index in [2.05, 4.69) is 0 Å². The molecule has 112 valence electrons. The third kappa shape index (κ3) is 5.68. The van der Waals surface area contributed by atoms with Crippen LogP contribution in [0.25, 0.3) is 0 Å². The lowest BCUT2D eigenvalue weighted by atomic mass is 9.91. The van der Waals surface area contributed by atoms with Gasteiger partial charge in [0.05, 0.1) is 5.92 Å². The van der Waals surface area contributed by atoms with Gasteiger partial charge in [0.2, 0.25) is 6.43 Å². The Hall–Kier alpha value is -1.45. The van der Waals surface area contributed by atoms with E-state index in [4.69, 9.17) is 4.74 Å². The molecule has 0 saturated heterocycles. The number of para-hydroxylation sites is 1. The average Bonchev–Trinajstić information content (AvgIpc) is 2.43. The minimum atomic E-state index is -2.40. The molecule has 0 radical (unpaired) electrons. The molecule has 2 atom stereocenters. The highest BCUT2D eigenvalue weighted by Gasteiger charge is 2.26. The second kappa shape index (κ2) is 8.67. The topological polar surface area (TPSA) is 26.3 Å². The van der Waals surface area contributed by atoms with Gasteiger partial charge in [-0.3, -0.25) is 4.79 Å². The van der Waals surface area contributed by atoms with E-state index < -0.39 is 24.2 Å². The summed E-state index contributed by atoms with van der Waals surface area (Å²) >= 11 is 0. The predicted molar refractivity (Wildman–Crippen MR) is 74.9 cm³/mol. The summed E-state index contributed by atoms with van der Waals surface area (Å²) in [6, 6.07) is 8.73. The number of carbonyl (C=O) groups excluding carboxylic acids is 1. The van der Waals surface area contributed by atoms with Crippen molar-refractivity contribution in [3.8, 4) is 5.75 Å². The smallest absolute Gasteiger partial charge is 0.314 e. The summed E-state index contributed by atoms with van der Waals surface area (Å²) in [4.78, 5) is 12.1. The first-order valence-electron chi connectivity index (χ1n) is 7.09. The highest BCUT2D eigenvalue weighted by molar-refractivity contribution is 5.75. The van der Waals surface area contributed by atoms with Gasteiger partial charge < -0.3 is 4.74 Å². The molecule has 0 bridgehead atoms. The van der Waals surface area contributed by atoms with E-state index in [1.54, 1.807) is 24.3 Å². The standard InChI is InChI=1S/C16H22F2O2/c1-3-4-8-13(11-12(2)15(17)18)16(19)20-14-9-6-5-7-10-14/h5-7,9-10,12-13,15H,3-4,8,11H2,1-2H3. The summed E-state index contributed by atoms with van der Waals surface area (Å²) in [6.45, 7) is 3.48. The number of hydrogen-bond donors (Lipinski definition) is 0. The van der Waals surface area contributed by atoms with Crippen molar-refractivity contribution in [2.75, 3.05) is 0 Å². The van der Waals surface area contributed by atoms with Crippen molar-refractivity contribution in [2.45, 2.75) is 46.0 Å². The lowest BCUT2D eigenvalue weighted by Crippen LogP contribution is -2.24. The summed E-state index contributed by atoms with van der Waals surface area (Å²) in [5.41, 5.74) is 0. The summed E-state index contributed by atoms with van der Waals surface area (Å²) in [7, 11) is 0. The van der Waals surface area contributed by atoms with Crippen LogP contribution in [0.2, 0.25) is 0 Å². The minimum Gasteiger partial charge on any atom is -0.426 e. The lowest BCUT2D eigenvalue weighted by molar-refractivity contribution is -0.140. The second-order valence-corrected chi connectivity index (χ2v) is 5.12. The molecule has 0 aliphatic rings. The van der Waals surface area contributed by atoms with E-state index in [0.29, 0.717) is 12.2 Å². The number of hydrogen-bond acceptors (Lipinski definition) is 2. The number of carbonyl (C=O) groups is 1. The van der Waals surface area contributed by atoms with Crippen LogP contribution in [0.4, 0.5) is 8.78 Å². The Labute approximate surface area is 119 Å². The number of ether oxygens (including phenoxy) is 1. The first-order valence-corrected chi connectivity index (χ1v) is 7.09. The maximum absolute atomic E-state index is 12.6. The van der Waals surface area contributed by atoms with Crippen LogP contribution in [0, 0.1) is 11.8 Å². The first-order chi connectivity index (χ1) is 9.54. The predicted octanol–water partition coefficient (Wildman–Crippen LogP) is 4.69. The number of halogens is 2. The van der Waals surface area contributed by atoms with Gasteiger partial charge in [0.1, 0.15) is 5.75 Å². The maximum Gasteiger partial charge on any atom is 0.314 e. The van der Waals surface area contributed by atoms with Gasteiger partial charge in [0.15, 0.2) is 0 Å². The molecule has 0 amide bonds. The quantitative estimate of drug-likeness (QED) is 0.511. The molecular formula is C16H22F2O2. The van der Waals surface area contributed by atoms with Crippen LogP contribution >= 0.6 is 0 Å². The molecule has 4 heteroatoms. The fourth-order valence-corrected chi connectivity index (χ4v) is 2.02. The third-order valence-corrected chi connectivity index (χ3v) is 3.29. The molecule has 0 heterocycles. The van der Waals surface area contributed by atoms with Gasteiger partial charge in [-0.05, 0) is 25.0 Å². The van der Waals surface area contributed by atoms with Crippen molar-refractivity contribution in [3.05, 3.63) is 30.3 Å². The van der Waals surface area contributed by atoms with Crippen LogP contribution in [0.3, 0.4) is 0 Å². The van der Waals surface area contributed by atoms with Crippen molar-refractivity contribution in [1.29, 1.82) is 0 Å². The van der Waals surface area contributed by atoms with Gasteiger partial charge in [-0.1, -0.05) is 44.9 Å². The molecule has 0 aliphatic heterocycles. The molecule has 2 nitrogen and oxygen atoms in total. The highest BCUT2D eigenvalue weighted by Crippen LogP contribution is 2.25. The van der Waals surface area contributed by atoms with Crippen molar-refractivity contribution in [2.24, 2.45) is 11.8 Å². The fourth-order valence-electron chi connectivity index (χ4n) is 2.02. The van der Waals surface area contributed by atoms with Crippen molar-refractivity contribution in [3.63, 3.8) is 0 Å². The number of esters is 1. The van der Waals surface area contributed by atoms with Crippen LogP contribution in [-0.4, -0.2) is 12.4 Å². The fraction of sp³-hybridized carbons (Fsp3) is 0.562. The molecule has 0 aromatic heterocycles. The zero-order chi connectivity index (χ0) is 15.0. The Morgan fingerprint density at radius 2 is 1.90 bits per heavy atom. The Balaban J connectivity index is 2.64. The normalized spacial score (nSPS) is 14.1. The van der Waals surface area contributed by atoms with Crippen molar-refractivity contribution < 1.29 is 18.3 Å². The highest BCUT2D eigenvalue weighted by atomic mass is 19.3. The zero-order valence-corrected chi connectivity index (χ0v) is 12.0. The summed E-state index contributed by atoms with van der Waals surface area (Å²) in [6.07, 6.45) is 0.134. The number of unbranched alkanes of at least 4 members (excludes halogenated alkanes) is 1. The van der Waals surface area contributed by atoms with Crippen LogP contribution in [0.1, 0.15) is 39.5 Å². The third-order valence-electron chi connectivity index (χ3n) is 3.29. The molecule has 1 aromatic carbocycles. The monoisotopic (exact) mass is 284 g/mol. The van der Waals surface area contributed by atoms with E-state index >= 15 is 0 Å². The Bertz CT molecular complexity index is 393. The number of alkyl halides is 2. The molecule has 0 aliphatic carbocycles. The first kappa shape index (κ1) is 16.6. The Morgan fingerprint density at radius 1 is 1.25 bits per heavy atom. The SMILES string of the molecule is CCCCC(CC(C)C(F)F)C(=O)Oc1ccccc1. The van der Waals surface area contributed by atoms with E-state index in [-0.39, 0.29) is 6.42 Å². The molecule has 0 saturated carbocycles. The van der Waals surface area contributed by atoms with E-state index in [1.807, 2.05) is 13.0 Å². The van der Waals surface area contributed by atoms with E-state index in [9.17, 15) is 13.6 Å². The molecule has 0 fully saturated rings. The summed E-state index contributed by atoms with van der Waals surface area (Å²) in [5, 5.41) is 0. The van der Waals surface area contributed by atoms with Gasteiger partial charge in [0, 0.05) is 5.92 Å². The summed E-state index contributed by atoms with van der Waals surface area (Å²) < 4.78 is 30.6. The molecule has 0 N–H and O–H groups in total. The maximum atomic E-state index is 12.6.